The van der Waals surface area contributed by atoms with Crippen molar-refractivity contribution in [2.45, 2.75) is 313 Å². The maximum Gasteiger partial charge on any atom is 0.326 e. The number of aromatic amines is 1. The number of carboxylic acid groups (broad SMARTS) is 1. The Kier molecular flexibility index (Phi) is 58.1. The van der Waals surface area contributed by atoms with Gasteiger partial charge >= 0.3 is 5.97 Å². The van der Waals surface area contributed by atoms with Crippen LogP contribution >= 0.6 is 0 Å². The number of phenols is 2. The number of carboxylic acids is 1. The van der Waals surface area contributed by atoms with Gasteiger partial charge in [0.1, 0.15) is 108 Å². The Labute approximate surface area is 874 Å². The molecule has 0 radical (unpaired) electrons. The van der Waals surface area contributed by atoms with Crippen molar-refractivity contribution >= 4 is 123 Å². The van der Waals surface area contributed by atoms with E-state index in [1.165, 1.54) is 50.2 Å². The van der Waals surface area contributed by atoms with E-state index in [0.717, 1.165) is 0 Å². The fraction of sp³-hybridized carbons (Fsp3) is 0.610. The molecular weight excluding hydrogens is 1950 g/mol. The van der Waals surface area contributed by atoms with E-state index in [1.54, 1.807) is 98.0 Å². The number of hydrogen-bond donors (Lipinski definition) is 33. The zero-order chi connectivity index (χ0) is 112. The highest BCUT2D eigenvalue weighted by atomic mass is 16.4. The highest BCUT2D eigenvalue weighted by Crippen LogP contribution is 2.23. The average Bonchev–Trinajstić information content (AvgIpc) is 1.67. The zero-order valence-electron chi connectivity index (χ0n) is 87.6. The third-order valence-corrected chi connectivity index (χ3v) is 25.3. The number of carbonyl (C=O) groups is 17. The summed E-state index contributed by atoms with van der Waals surface area (Å²) >= 11 is 0. The molecule has 19 atom stereocenters. The summed E-state index contributed by atoms with van der Waals surface area (Å²) in [7, 11) is 0. The third kappa shape index (κ3) is 45.6. The number of aliphatic hydroxyl groups excluding tert-OH is 2. The van der Waals surface area contributed by atoms with Gasteiger partial charge in [-0.1, -0.05) is 111 Å². The topological polar surface area (TPSA) is 854 Å². The van der Waals surface area contributed by atoms with E-state index in [4.69, 9.17) is 51.0 Å². The normalized spacial score (nSPS) is 15.1. The number of fused-ring (bicyclic) bond motifs is 1. The molecule has 1 heterocycles. The molecule has 0 aliphatic rings. The van der Waals surface area contributed by atoms with Crippen LogP contribution in [0.4, 0.5) is 0 Å². The van der Waals surface area contributed by atoms with Crippen molar-refractivity contribution in [3.63, 3.8) is 0 Å². The molecule has 0 saturated carbocycles. The van der Waals surface area contributed by atoms with Gasteiger partial charge in [0.15, 0.2) is 11.9 Å². The first-order chi connectivity index (χ1) is 71.2. The number of H-pyrrole nitrogens is 1. The van der Waals surface area contributed by atoms with Crippen LogP contribution in [0.1, 0.15) is 208 Å². The number of hydrogen-bond acceptors (Lipinski definition) is 28. The number of aliphatic hydroxyl groups is 2. The van der Waals surface area contributed by atoms with Gasteiger partial charge in [-0.05, 0) is 226 Å². The number of guanidine groups is 2. The third-order valence-electron chi connectivity index (χ3n) is 25.3. The molecule has 40 N–H and O–H groups in total. The number of phenolic OH excluding ortho intramolecular Hbond substituents is 2. The van der Waals surface area contributed by atoms with Gasteiger partial charge in [0.2, 0.25) is 94.5 Å². The van der Waals surface area contributed by atoms with Gasteiger partial charge in [-0.2, -0.15) is 0 Å². The van der Waals surface area contributed by atoms with Crippen LogP contribution < -0.4 is 136 Å². The Bertz CT molecular complexity index is 5030. The highest BCUT2D eigenvalue weighted by molar-refractivity contribution is 6.02. The zero-order valence-corrected chi connectivity index (χ0v) is 87.6. The van der Waals surface area contributed by atoms with Crippen LogP contribution in [-0.2, 0) is 101 Å². The number of carbonyl (C=O) groups excluding carboxylic acids is 16. The second-order valence-corrected chi connectivity index (χ2v) is 38.5. The smallest absolute Gasteiger partial charge is 0.326 e. The van der Waals surface area contributed by atoms with Gasteiger partial charge in [0.05, 0.1) is 19.3 Å². The van der Waals surface area contributed by atoms with Crippen LogP contribution in [0.3, 0.4) is 0 Å². The Morgan fingerprint density at radius 1 is 0.340 bits per heavy atom. The molecule has 0 unspecified atom stereocenters. The molecule has 50 nitrogen and oxygen atoms in total. The van der Waals surface area contributed by atoms with E-state index in [0.29, 0.717) is 72.7 Å². The number of unbranched alkanes of at least 4 members (excludes halogenated alkanes) is 4. The van der Waals surface area contributed by atoms with Gasteiger partial charge in [-0.15, -0.1) is 0 Å². The maximum atomic E-state index is 15.1. The number of aliphatic carboxylic acids is 1. The lowest BCUT2D eigenvalue weighted by Gasteiger charge is -2.31. The van der Waals surface area contributed by atoms with Gasteiger partial charge in [-0.3, -0.25) is 87.5 Å². The van der Waals surface area contributed by atoms with E-state index in [1.807, 2.05) is 0 Å². The molecule has 150 heavy (non-hydrogen) atoms. The van der Waals surface area contributed by atoms with E-state index in [9.17, 15) is 102 Å². The van der Waals surface area contributed by atoms with E-state index >= 15 is 4.79 Å². The molecular formula is C100H164N28O22. The van der Waals surface area contributed by atoms with Gasteiger partial charge in [0, 0.05) is 43.0 Å². The van der Waals surface area contributed by atoms with Crippen LogP contribution in [-0.4, -0.2) is 298 Å². The molecule has 0 aliphatic carbocycles. The predicted octanol–water partition coefficient (Wildman–Crippen LogP) is -4.36. The number of para-hydroxylation sites is 1. The van der Waals surface area contributed by atoms with Crippen LogP contribution in [0.2, 0.25) is 0 Å². The SMILES string of the molecule is CC[C@H](C)[C@H](NC(=O)[C@H](CCCCN)NC(=O)[C@H](Cc1ccc(O)cc1)NC(=O)[C@@H](NC(=O)[C@@H](NC(=O)[C@@H](N)Cc1ccc(O)cc1)[C@@H](C)CC)C(C)C)C(=O)N[C@@H](CCCNC(=N)N)C(=O)N[C@@H](CO)C(=O)N[C@@H](C)C(=O)N[C@@H](Cc1c[nH]c2ccccc12)C(=O)N[C@@H](CCCCN)C(=O)N[C@@H](CCCNC(=N)N)C(=O)N[C@@H](CO)C(=O)N[C@@H](CCCCN)C(=O)N[C@@H](C)C(=O)N[C@@H](CC(C)C)C(=O)N[C@@H](CCCCN)C(=O)O. The van der Waals surface area contributed by atoms with Gasteiger partial charge in [-0.25, -0.2) is 4.79 Å². The molecule has 0 saturated heterocycles. The monoisotopic (exact) mass is 2110 g/mol. The number of aromatic hydroxyl groups is 2. The summed E-state index contributed by atoms with van der Waals surface area (Å²) in [5.41, 5.74) is 42.9. The average molecular weight is 2110 g/mol. The maximum absolute atomic E-state index is 15.1. The van der Waals surface area contributed by atoms with Crippen molar-refractivity contribution in [2.75, 3.05) is 52.5 Å². The molecule has 50 heteroatoms. The Morgan fingerprint density at radius 3 is 1.05 bits per heavy atom. The van der Waals surface area contributed by atoms with Crippen LogP contribution in [0.5, 0.6) is 11.5 Å². The Balaban J connectivity index is 1.63. The summed E-state index contributed by atoms with van der Waals surface area (Å²) in [5, 5.41) is 115. The number of nitrogens with two attached hydrogens (primary N) is 7. The van der Waals surface area contributed by atoms with Crippen LogP contribution in [0.25, 0.3) is 10.9 Å². The minimum absolute atomic E-state index is 0.00473. The fourth-order valence-corrected chi connectivity index (χ4v) is 16.0. The van der Waals surface area contributed by atoms with Crippen molar-refractivity contribution in [1.29, 1.82) is 10.8 Å². The number of rotatable bonds is 72. The summed E-state index contributed by atoms with van der Waals surface area (Å²) in [5.74, 6) is -19.3. The van der Waals surface area contributed by atoms with Gasteiger partial charge in [0.25, 0.3) is 0 Å². The molecule has 4 rings (SSSR count). The van der Waals surface area contributed by atoms with Crippen molar-refractivity contribution in [2.24, 2.45) is 63.8 Å². The quantitative estimate of drug-likeness (QED) is 0.0113. The minimum Gasteiger partial charge on any atom is -0.508 e. The van der Waals surface area contributed by atoms with Crippen LogP contribution in [0.15, 0.2) is 79.0 Å². The lowest BCUT2D eigenvalue weighted by atomic mass is 9.95. The number of aromatic nitrogens is 1. The summed E-state index contributed by atoms with van der Waals surface area (Å²) in [4.78, 5) is 247. The van der Waals surface area contributed by atoms with E-state index in [-0.39, 0.29) is 153 Å². The number of benzene rings is 3. The molecule has 0 aliphatic heterocycles. The fourth-order valence-electron chi connectivity index (χ4n) is 16.0. The first-order valence-corrected chi connectivity index (χ1v) is 51.3. The van der Waals surface area contributed by atoms with Crippen molar-refractivity contribution in [1.82, 2.24) is 101 Å². The second-order valence-electron chi connectivity index (χ2n) is 38.5. The molecule has 4 aromatic rings. The first kappa shape index (κ1) is 128. The Hall–Kier alpha value is -13.9. The number of amides is 16. The standard InChI is InChI=1S/C100H164N28O22/c1-11-56(7)80(128-89(140)70(29-17-21-43-103)117-91(142)75(49-61-35-39-64(132)40-36-61)123-95(146)79(55(5)6)126-97(148)81(57(8)12-2)127-84(135)66(105)48-60-33-37-63(131)38-34-60)96(147)119-72(32-24-46-111-100(108)109)88(139)124-77(52-129)93(144)114-59(10)83(134)122-76(50-62-51-112-67-26-14-13-25-65(62)67)92(143)116-69(28-16-20-42-102)86(137)115-71(31-23-45-110-99(106)107)87(138)125-78(53-130)94(145)118-68(27-15-19-41-101)85(136)113-58(9)82(133)121-74(47-54(3)4)90(141)120-73(98(149)150)30-18-22-44-104/h13-14,25-26,33-40,51,54-59,66,68-81,112,129-132H,11-12,15-24,27-32,41-50,52-53,101-105H2,1-10H3,(H,113,136)(H,114,144)(H,115,137)(H,116,143)(H,117,142)(H,118,145)(H,119,147)(H,120,141)(H,121,133)(H,122,134)(H,123,146)(H,124,139)(H,125,138)(H,126,148)(H,127,135)(H,128,140)(H,149,150)(H4,106,107,110)(H4,108,109,111)/t56-,57-,58-,59-,66-,68-,69-,70-,71-,72-,73-,74-,75-,76-,77-,78-,79-,80-,81-/m0/s1. The molecule has 836 valence electrons. The summed E-state index contributed by atoms with van der Waals surface area (Å²) in [6.45, 7) is 14.6. The first-order valence-electron chi connectivity index (χ1n) is 51.3. The Morgan fingerprint density at radius 2 is 0.647 bits per heavy atom. The second kappa shape index (κ2) is 67.9. The van der Waals surface area contributed by atoms with E-state index < -0.39 is 246 Å². The molecule has 0 fully saturated rings. The molecule has 0 bridgehead atoms. The lowest BCUT2D eigenvalue weighted by molar-refractivity contribution is -0.142. The van der Waals surface area contributed by atoms with Crippen molar-refractivity contribution in [3.05, 3.63) is 95.7 Å². The number of nitrogens with one attached hydrogen (secondary N) is 21. The van der Waals surface area contributed by atoms with Crippen molar-refractivity contribution in [3.8, 4) is 11.5 Å². The summed E-state index contributed by atoms with van der Waals surface area (Å²) in [6, 6.07) is -6.46. The predicted molar refractivity (Wildman–Crippen MR) is 561 cm³/mol. The van der Waals surface area contributed by atoms with E-state index in [2.05, 4.69) is 101 Å². The summed E-state index contributed by atoms with van der Waals surface area (Å²) in [6.07, 6.45) is 3.59. The molecule has 1 aromatic heterocycles. The minimum atomic E-state index is -1.89. The van der Waals surface area contributed by atoms with Crippen LogP contribution in [0, 0.1) is 34.5 Å². The molecule has 0 spiro atoms. The highest BCUT2D eigenvalue weighted by Gasteiger charge is 2.41. The molecule has 3 aromatic carbocycles. The van der Waals surface area contributed by atoms with Gasteiger partial charge < -0.3 is 166 Å². The van der Waals surface area contributed by atoms with Crippen molar-refractivity contribution < 1.29 is 107 Å². The lowest BCUT2D eigenvalue weighted by Crippen LogP contribution is -2.62. The molecule has 16 amide bonds. The summed E-state index contributed by atoms with van der Waals surface area (Å²) < 4.78 is 0. The largest absolute Gasteiger partial charge is 0.508 e.